The average Bonchev–Trinajstić information content (AvgIpc) is 2.52. The first-order valence-corrected chi connectivity index (χ1v) is 8.17. The Hall–Kier alpha value is -2.56. The number of aryl methyl sites for hydroxylation is 1. The maximum Gasteiger partial charge on any atom is 0.315 e. The number of carbonyl (C=O) groups excluding carboxylic acids is 1. The maximum absolute atomic E-state index is 12.1. The topological polar surface area (TPSA) is 63.2 Å². The van der Waals surface area contributed by atoms with Gasteiger partial charge in [-0.05, 0) is 57.5 Å². The van der Waals surface area contributed by atoms with E-state index in [0.29, 0.717) is 6.54 Å². The fraction of sp³-hybridized carbons (Fsp3) is 0.368. The molecule has 0 saturated carbocycles. The van der Waals surface area contributed by atoms with Gasteiger partial charge in [0.05, 0.1) is 24.4 Å². The molecule has 0 aliphatic heterocycles. The summed E-state index contributed by atoms with van der Waals surface area (Å²) < 4.78 is 5.69. The van der Waals surface area contributed by atoms with Gasteiger partial charge >= 0.3 is 6.03 Å². The third-order valence-corrected chi connectivity index (χ3v) is 3.45. The summed E-state index contributed by atoms with van der Waals surface area (Å²) in [5.41, 5.74) is 2.77. The Morgan fingerprint density at radius 1 is 1.17 bits per heavy atom. The number of pyridine rings is 1. The van der Waals surface area contributed by atoms with E-state index in [9.17, 15) is 4.79 Å². The Kier molecular flexibility index (Phi) is 6.18. The summed E-state index contributed by atoms with van der Waals surface area (Å²) in [6.45, 7) is 8.25. The molecule has 2 N–H and O–H groups in total. The van der Waals surface area contributed by atoms with Gasteiger partial charge in [-0.2, -0.15) is 0 Å². The molecule has 0 aliphatic rings. The van der Waals surface area contributed by atoms with Crippen molar-refractivity contribution < 1.29 is 9.53 Å². The lowest BCUT2D eigenvalue weighted by Gasteiger charge is -2.17. The SMILES string of the molecule is Cc1cccc(CNC(=O)NC(C)c2cccc(OC(C)C)c2)n1. The van der Waals surface area contributed by atoms with Gasteiger partial charge in [-0.15, -0.1) is 0 Å². The zero-order chi connectivity index (χ0) is 17.5. The van der Waals surface area contributed by atoms with Crippen LogP contribution in [0.2, 0.25) is 0 Å². The number of urea groups is 1. The number of nitrogens with zero attached hydrogens (tertiary/aromatic N) is 1. The number of aromatic nitrogens is 1. The number of hydrogen-bond acceptors (Lipinski definition) is 3. The van der Waals surface area contributed by atoms with E-state index in [1.54, 1.807) is 0 Å². The highest BCUT2D eigenvalue weighted by Gasteiger charge is 2.10. The zero-order valence-electron chi connectivity index (χ0n) is 14.7. The molecule has 0 fully saturated rings. The van der Waals surface area contributed by atoms with E-state index in [1.165, 1.54) is 0 Å². The molecule has 128 valence electrons. The van der Waals surface area contributed by atoms with Crippen molar-refractivity contribution in [2.75, 3.05) is 0 Å². The fourth-order valence-corrected chi connectivity index (χ4v) is 2.33. The third-order valence-electron chi connectivity index (χ3n) is 3.45. The van der Waals surface area contributed by atoms with Gasteiger partial charge in [-0.3, -0.25) is 4.98 Å². The van der Waals surface area contributed by atoms with Crippen LogP contribution >= 0.6 is 0 Å². The quantitative estimate of drug-likeness (QED) is 0.849. The zero-order valence-corrected chi connectivity index (χ0v) is 14.7. The van der Waals surface area contributed by atoms with Crippen molar-refractivity contribution in [1.82, 2.24) is 15.6 Å². The highest BCUT2D eigenvalue weighted by molar-refractivity contribution is 5.74. The van der Waals surface area contributed by atoms with E-state index >= 15 is 0 Å². The van der Waals surface area contributed by atoms with Crippen molar-refractivity contribution in [2.45, 2.75) is 46.4 Å². The summed E-state index contributed by atoms with van der Waals surface area (Å²) in [5.74, 6) is 0.806. The van der Waals surface area contributed by atoms with Crippen LogP contribution in [0.15, 0.2) is 42.5 Å². The summed E-state index contributed by atoms with van der Waals surface area (Å²) in [4.78, 5) is 16.4. The van der Waals surface area contributed by atoms with Crippen molar-refractivity contribution in [1.29, 1.82) is 0 Å². The Bertz CT molecular complexity index is 686. The summed E-state index contributed by atoms with van der Waals surface area (Å²) >= 11 is 0. The van der Waals surface area contributed by atoms with E-state index in [4.69, 9.17) is 4.74 Å². The molecule has 2 rings (SSSR count). The third kappa shape index (κ3) is 5.57. The van der Waals surface area contributed by atoms with Crippen LogP contribution in [0.3, 0.4) is 0 Å². The van der Waals surface area contributed by atoms with Gasteiger partial charge in [0, 0.05) is 5.69 Å². The van der Waals surface area contributed by atoms with Crippen molar-refractivity contribution >= 4 is 6.03 Å². The highest BCUT2D eigenvalue weighted by atomic mass is 16.5. The molecule has 0 bridgehead atoms. The van der Waals surface area contributed by atoms with Gasteiger partial charge < -0.3 is 15.4 Å². The van der Waals surface area contributed by atoms with Crippen molar-refractivity contribution in [3.05, 3.63) is 59.4 Å². The average molecular weight is 327 g/mol. The Morgan fingerprint density at radius 3 is 2.62 bits per heavy atom. The van der Waals surface area contributed by atoms with Gasteiger partial charge in [0.25, 0.3) is 0 Å². The molecule has 0 spiro atoms. The van der Waals surface area contributed by atoms with Crippen LogP contribution in [0, 0.1) is 6.92 Å². The molecule has 0 radical (unpaired) electrons. The van der Waals surface area contributed by atoms with Crippen LogP contribution in [0.1, 0.15) is 43.8 Å². The predicted molar refractivity (Wildman–Crippen MR) is 95.0 cm³/mol. The number of amides is 2. The fourth-order valence-electron chi connectivity index (χ4n) is 2.33. The monoisotopic (exact) mass is 327 g/mol. The summed E-state index contributed by atoms with van der Waals surface area (Å²) in [6.07, 6.45) is 0.119. The summed E-state index contributed by atoms with van der Waals surface area (Å²) in [5, 5.41) is 5.76. The number of rotatable bonds is 6. The Labute approximate surface area is 143 Å². The molecule has 2 amide bonds. The predicted octanol–water partition coefficient (Wildman–Crippen LogP) is 3.74. The minimum Gasteiger partial charge on any atom is -0.491 e. The first-order chi connectivity index (χ1) is 11.4. The molecule has 1 atom stereocenters. The lowest BCUT2D eigenvalue weighted by molar-refractivity contribution is 0.236. The van der Waals surface area contributed by atoms with Crippen molar-refractivity contribution in [3.8, 4) is 5.75 Å². The molecule has 0 saturated heterocycles. The number of hydrogen-bond donors (Lipinski definition) is 2. The molecule has 24 heavy (non-hydrogen) atoms. The lowest BCUT2D eigenvalue weighted by atomic mass is 10.1. The second kappa shape index (κ2) is 8.34. The maximum atomic E-state index is 12.1. The molecule has 0 aliphatic carbocycles. The van der Waals surface area contributed by atoms with Crippen LogP contribution in [0.4, 0.5) is 4.79 Å². The highest BCUT2D eigenvalue weighted by Crippen LogP contribution is 2.20. The number of ether oxygens (including phenoxy) is 1. The Morgan fingerprint density at radius 2 is 1.92 bits per heavy atom. The van der Waals surface area contributed by atoms with Crippen LogP contribution in [-0.4, -0.2) is 17.1 Å². The molecular weight excluding hydrogens is 302 g/mol. The van der Waals surface area contributed by atoms with Gasteiger partial charge in [0.15, 0.2) is 0 Å². The van der Waals surface area contributed by atoms with E-state index in [0.717, 1.165) is 22.7 Å². The molecule has 1 heterocycles. The molecule has 2 aromatic rings. The molecule has 5 heteroatoms. The Balaban J connectivity index is 1.89. The van der Waals surface area contributed by atoms with Gasteiger partial charge in [0.1, 0.15) is 5.75 Å². The van der Waals surface area contributed by atoms with Gasteiger partial charge in [-0.25, -0.2) is 4.79 Å². The molecule has 1 aromatic carbocycles. The van der Waals surface area contributed by atoms with Crippen LogP contribution in [0.25, 0.3) is 0 Å². The molecular formula is C19H25N3O2. The molecule has 5 nitrogen and oxygen atoms in total. The summed E-state index contributed by atoms with van der Waals surface area (Å²) in [7, 11) is 0. The number of carbonyl (C=O) groups is 1. The van der Waals surface area contributed by atoms with E-state index in [-0.39, 0.29) is 18.2 Å². The van der Waals surface area contributed by atoms with E-state index in [2.05, 4.69) is 15.6 Å². The lowest BCUT2D eigenvalue weighted by Crippen LogP contribution is -2.36. The molecule has 1 unspecified atom stereocenters. The number of benzene rings is 1. The first kappa shape index (κ1) is 17.8. The van der Waals surface area contributed by atoms with Crippen LogP contribution in [-0.2, 0) is 6.54 Å². The smallest absolute Gasteiger partial charge is 0.315 e. The van der Waals surface area contributed by atoms with Crippen molar-refractivity contribution in [3.63, 3.8) is 0 Å². The van der Waals surface area contributed by atoms with Gasteiger partial charge in [0.2, 0.25) is 0 Å². The van der Waals surface area contributed by atoms with Crippen LogP contribution < -0.4 is 15.4 Å². The van der Waals surface area contributed by atoms with E-state index < -0.39 is 0 Å². The standard InChI is InChI=1S/C19H25N3O2/c1-13(2)24-18-10-6-8-16(11-18)15(4)22-19(23)20-12-17-9-5-7-14(3)21-17/h5-11,13,15H,12H2,1-4H3,(H2,20,22,23). The molecule has 1 aromatic heterocycles. The second-order valence-corrected chi connectivity index (χ2v) is 6.06. The van der Waals surface area contributed by atoms with Gasteiger partial charge in [-0.1, -0.05) is 18.2 Å². The van der Waals surface area contributed by atoms with Crippen molar-refractivity contribution in [2.24, 2.45) is 0 Å². The van der Waals surface area contributed by atoms with E-state index in [1.807, 2.05) is 70.2 Å². The minimum absolute atomic E-state index is 0.119. The largest absolute Gasteiger partial charge is 0.491 e. The van der Waals surface area contributed by atoms with Crippen LogP contribution in [0.5, 0.6) is 5.75 Å². The minimum atomic E-state index is -0.221. The second-order valence-electron chi connectivity index (χ2n) is 6.06. The normalized spacial score (nSPS) is 11.9. The number of nitrogens with one attached hydrogen (secondary N) is 2. The summed E-state index contributed by atoms with van der Waals surface area (Å²) in [6, 6.07) is 13.2. The first-order valence-electron chi connectivity index (χ1n) is 8.17.